The lowest BCUT2D eigenvalue weighted by Gasteiger charge is -2.40. The van der Waals surface area contributed by atoms with Crippen LogP contribution in [0.15, 0.2) is 48.5 Å². The average molecular weight is 427 g/mol. The number of aromatic nitrogens is 1. The van der Waals surface area contributed by atoms with Gasteiger partial charge in [0.15, 0.2) is 0 Å². The molecule has 0 radical (unpaired) electrons. The maximum absolute atomic E-state index is 13.4. The van der Waals surface area contributed by atoms with Crippen LogP contribution in [0.25, 0.3) is 10.9 Å². The monoisotopic (exact) mass is 426 g/mol. The predicted octanol–water partition coefficient (Wildman–Crippen LogP) is 3.87. The SMILES string of the molecule is C#Cc1ccc([C@@H]2c3[nH]c4ccccc4c3C[C@H](CO)N2C(=O)C#C[Si](C)(C)C)cc1. The lowest BCUT2D eigenvalue weighted by molar-refractivity contribution is -0.131. The van der Waals surface area contributed by atoms with Crippen molar-refractivity contribution >= 4 is 24.9 Å². The van der Waals surface area contributed by atoms with Crippen LogP contribution in [-0.2, 0) is 11.2 Å². The van der Waals surface area contributed by atoms with Gasteiger partial charge in [-0.3, -0.25) is 4.79 Å². The molecule has 156 valence electrons. The van der Waals surface area contributed by atoms with Crippen molar-refractivity contribution in [2.24, 2.45) is 0 Å². The minimum atomic E-state index is -1.73. The van der Waals surface area contributed by atoms with E-state index in [4.69, 9.17) is 6.42 Å². The second kappa shape index (κ2) is 8.11. The van der Waals surface area contributed by atoms with Crippen molar-refractivity contribution in [3.8, 4) is 23.8 Å². The van der Waals surface area contributed by atoms with Crippen molar-refractivity contribution in [2.45, 2.75) is 38.1 Å². The molecule has 4 nitrogen and oxygen atoms in total. The highest BCUT2D eigenvalue weighted by molar-refractivity contribution is 6.84. The van der Waals surface area contributed by atoms with Crippen molar-refractivity contribution in [2.75, 3.05) is 6.61 Å². The number of aliphatic hydroxyl groups excluding tert-OH is 1. The molecule has 2 N–H and O–H groups in total. The molecule has 5 heteroatoms. The molecule has 0 bridgehead atoms. The maximum Gasteiger partial charge on any atom is 0.299 e. The first-order chi connectivity index (χ1) is 14.8. The Balaban J connectivity index is 1.91. The highest BCUT2D eigenvalue weighted by Gasteiger charge is 2.39. The third-order valence-electron chi connectivity index (χ3n) is 5.61. The molecule has 31 heavy (non-hydrogen) atoms. The van der Waals surface area contributed by atoms with E-state index in [-0.39, 0.29) is 24.6 Å². The topological polar surface area (TPSA) is 56.3 Å². The molecule has 0 fully saturated rings. The van der Waals surface area contributed by atoms with E-state index in [1.165, 1.54) is 0 Å². The number of amides is 1. The quantitative estimate of drug-likeness (QED) is 0.483. The highest BCUT2D eigenvalue weighted by atomic mass is 28.3. The molecule has 0 spiro atoms. The fourth-order valence-electron chi connectivity index (χ4n) is 4.19. The average Bonchev–Trinajstić information content (AvgIpc) is 3.14. The van der Waals surface area contributed by atoms with Crippen LogP contribution < -0.4 is 0 Å². The molecule has 1 aromatic heterocycles. The largest absolute Gasteiger partial charge is 0.394 e. The Labute approximate surface area is 184 Å². The van der Waals surface area contributed by atoms with E-state index in [9.17, 15) is 9.90 Å². The summed E-state index contributed by atoms with van der Waals surface area (Å²) in [6.07, 6.45) is 6.12. The number of para-hydroxylation sites is 1. The zero-order chi connectivity index (χ0) is 22.2. The van der Waals surface area contributed by atoms with Crippen molar-refractivity contribution < 1.29 is 9.90 Å². The summed E-state index contributed by atoms with van der Waals surface area (Å²) in [5.74, 6) is 5.27. The number of hydrogen-bond donors (Lipinski definition) is 2. The van der Waals surface area contributed by atoms with Gasteiger partial charge in [0.05, 0.1) is 18.7 Å². The Morgan fingerprint density at radius 2 is 1.90 bits per heavy atom. The van der Waals surface area contributed by atoms with E-state index in [1.54, 1.807) is 4.90 Å². The van der Waals surface area contributed by atoms with Crippen LogP contribution in [-0.4, -0.2) is 41.6 Å². The fourth-order valence-corrected chi connectivity index (χ4v) is 4.67. The van der Waals surface area contributed by atoms with Gasteiger partial charge in [-0.05, 0) is 41.7 Å². The number of benzene rings is 2. The first-order valence-corrected chi connectivity index (χ1v) is 13.9. The van der Waals surface area contributed by atoms with Gasteiger partial charge in [-0.15, -0.1) is 12.0 Å². The summed E-state index contributed by atoms with van der Waals surface area (Å²) < 4.78 is 0. The second-order valence-electron chi connectivity index (χ2n) is 8.98. The molecule has 2 atom stereocenters. The first-order valence-electron chi connectivity index (χ1n) is 10.4. The van der Waals surface area contributed by atoms with Gasteiger partial charge in [0.2, 0.25) is 0 Å². The summed E-state index contributed by atoms with van der Waals surface area (Å²) >= 11 is 0. The number of hydrogen-bond acceptors (Lipinski definition) is 2. The van der Waals surface area contributed by atoms with Crippen LogP contribution in [0.2, 0.25) is 19.6 Å². The van der Waals surface area contributed by atoms with Gasteiger partial charge in [-0.25, -0.2) is 0 Å². The minimum absolute atomic E-state index is 0.127. The molecule has 3 aromatic rings. The van der Waals surface area contributed by atoms with Crippen LogP contribution in [0.4, 0.5) is 0 Å². The van der Waals surface area contributed by atoms with Crippen molar-refractivity contribution in [3.05, 3.63) is 70.9 Å². The number of H-pyrrole nitrogens is 1. The summed E-state index contributed by atoms with van der Waals surface area (Å²) in [7, 11) is -1.73. The van der Waals surface area contributed by atoms with Gasteiger partial charge in [0, 0.05) is 22.2 Å². The number of terminal acetylenes is 1. The fraction of sp³-hybridized carbons (Fsp3) is 0.269. The maximum atomic E-state index is 13.4. The Hall–Kier alpha value is -3.25. The molecule has 0 saturated carbocycles. The van der Waals surface area contributed by atoms with Gasteiger partial charge in [0.25, 0.3) is 5.91 Å². The summed E-state index contributed by atoms with van der Waals surface area (Å²) in [4.78, 5) is 18.6. The van der Waals surface area contributed by atoms with Crippen LogP contribution in [0, 0.1) is 23.8 Å². The normalized spacial score (nSPS) is 18.1. The Kier molecular flexibility index (Phi) is 5.50. The standard InChI is InChI=1S/C26H26N2O2Si/c1-5-18-10-12-19(13-11-18)26-25-22(21-8-6-7-9-23(21)27-25)16-20(17-29)28(26)24(30)14-15-31(2,3)4/h1,6-13,20,26-27,29H,16-17H2,2-4H3/t20-,26-/m1/s1. The minimum Gasteiger partial charge on any atom is -0.394 e. The summed E-state index contributed by atoms with van der Waals surface area (Å²) in [5, 5.41) is 11.4. The first kappa shape index (κ1) is 21.0. The number of fused-ring (bicyclic) bond motifs is 3. The van der Waals surface area contributed by atoms with Gasteiger partial charge >= 0.3 is 0 Å². The van der Waals surface area contributed by atoms with E-state index in [2.05, 4.69) is 48.1 Å². The number of nitrogens with one attached hydrogen (secondary N) is 1. The molecule has 1 aliphatic heterocycles. The van der Waals surface area contributed by atoms with Crippen LogP contribution in [0.1, 0.15) is 28.4 Å². The van der Waals surface area contributed by atoms with Crippen molar-refractivity contribution in [3.63, 3.8) is 0 Å². The summed E-state index contributed by atoms with van der Waals surface area (Å²) in [6, 6.07) is 15.1. The lowest BCUT2D eigenvalue weighted by atomic mass is 9.88. The van der Waals surface area contributed by atoms with E-state index in [0.717, 1.165) is 33.3 Å². The Morgan fingerprint density at radius 1 is 1.19 bits per heavy atom. The molecule has 1 aliphatic rings. The third-order valence-corrected chi connectivity index (χ3v) is 6.49. The zero-order valence-corrected chi connectivity index (χ0v) is 19.1. The van der Waals surface area contributed by atoms with Crippen LogP contribution in [0.3, 0.4) is 0 Å². The molecule has 2 aromatic carbocycles. The van der Waals surface area contributed by atoms with Gasteiger partial charge in [0.1, 0.15) is 8.07 Å². The molecule has 0 aliphatic carbocycles. The van der Waals surface area contributed by atoms with Gasteiger partial charge in [-0.2, -0.15) is 0 Å². The molecule has 4 rings (SSSR count). The number of aliphatic hydroxyl groups is 1. The van der Waals surface area contributed by atoms with E-state index in [1.807, 2.05) is 42.5 Å². The highest BCUT2D eigenvalue weighted by Crippen LogP contribution is 2.40. The van der Waals surface area contributed by atoms with Crippen LogP contribution in [0.5, 0.6) is 0 Å². The molecule has 2 heterocycles. The van der Waals surface area contributed by atoms with Gasteiger partial charge in [-0.1, -0.05) is 55.9 Å². The van der Waals surface area contributed by atoms with Gasteiger partial charge < -0.3 is 15.0 Å². The molecule has 1 amide bonds. The number of nitrogens with zero attached hydrogens (tertiary/aromatic N) is 1. The Bertz CT molecular complexity index is 1230. The molecular formula is C26H26N2O2Si. The smallest absolute Gasteiger partial charge is 0.299 e. The molecule has 0 unspecified atom stereocenters. The number of carbonyl (C=O) groups excluding carboxylic acids is 1. The number of carbonyl (C=O) groups is 1. The number of aromatic amines is 1. The number of rotatable bonds is 2. The Morgan fingerprint density at radius 3 is 2.55 bits per heavy atom. The molecule has 0 saturated heterocycles. The van der Waals surface area contributed by atoms with Crippen LogP contribution >= 0.6 is 0 Å². The van der Waals surface area contributed by atoms with E-state index >= 15 is 0 Å². The third kappa shape index (κ3) is 4.03. The summed E-state index contributed by atoms with van der Waals surface area (Å²) in [6.45, 7) is 6.20. The molecular weight excluding hydrogens is 400 g/mol. The van der Waals surface area contributed by atoms with Crippen molar-refractivity contribution in [1.29, 1.82) is 0 Å². The van der Waals surface area contributed by atoms with E-state index < -0.39 is 8.07 Å². The lowest BCUT2D eigenvalue weighted by Crippen LogP contribution is -2.49. The summed E-state index contributed by atoms with van der Waals surface area (Å²) in [5.41, 5.74) is 8.05. The second-order valence-corrected chi connectivity index (χ2v) is 13.7. The van der Waals surface area contributed by atoms with E-state index in [0.29, 0.717) is 6.42 Å². The van der Waals surface area contributed by atoms with Crippen molar-refractivity contribution in [1.82, 2.24) is 9.88 Å². The zero-order valence-electron chi connectivity index (χ0n) is 18.1. The predicted molar refractivity (Wildman–Crippen MR) is 127 cm³/mol.